The number of methoxy groups -OCH3 is 1. The van der Waals surface area contributed by atoms with Crippen LogP contribution in [0.5, 0.6) is 5.75 Å². The van der Waals surface area contributed by atoms with E-state index in [2.05, 4.69) is 5.32 Å². The van der Waals surface area contributed by atoms with Crippen molar-refractivity contribution >= 4 is 5.91 Å². The summed E-state index contributed by atoms with van der Waals surface area (Å²) < 4.78 is 19.1. The molecule has 0 radical (unpaired) electrons. The van der Waals surface area contributed by atoms with Crippen LogP contribution in [0.2, 0.25) is 0 Å². The summed E-state index contributed by atoms with van der Waals surface area (Å²) in [5.74, 6) is 0.428. The first kappa shape index (κ1) is 20.6. The zero-order valence-corrected chi connectivity index (χ0v) is 16.7. The van der Waals surface area contributed by atoms with Crippen LogP contribution >= 0.6 is 0 Å². The van der Waals surface area contributed by atoms with Gasteiger partial charge in [0.2, 0.25) is 0 Å². The molecule has 3 aromatic rings. The molecule has 29 heavy (non-hydrogen) atoms. The molecule has 0 saturated carbocycles. The molecule has 0 fully saturated rings. The van der Waals surface area contributed by atoms with Crippen molar-refractivity contribution in [2.75, 3.05) is 20.7 Å². The van der Waals surface area contributed by atoms with E-state index in [0.717, 1.165) is 21.8 Å². The van der Waals surface area contributed by atoms with E-state index in [1.54, 1.807) is 25.3 Å². The lowest BCUT2D eigenvalue weighted by atomic mass is 9.98. The van der Waals surface area contributed by atoms with E-state index in [1.807, 2.05) is 61.6 Å². The van der Waals surface area contributed by atoms with E-state index in [-0.39, 0.29) is 24.3 Å². The standard InChI is InChI=1S/C24H25FN2O2/c1-27(16-20-10-6-7-11-22(20)25)17-23(28)26-24(18-8-4-3-5-9-18)19-12-14-21(29-2)15-13-19/h3-15,24H,16-17H2,1-2H3,(H,26,28)/p+1/t24-/m0/s1. The van der Waals surface area contributed by atoms with E-state index in [9.17, 15) is 9.18 Å². The summed E-state index contributed by atoms with van der Waals surface area (Å²) in [6, 6.07) is 23.9. The van der Waals surface area contributed by atoms with Gasteiger partial charge in [-0.1, -0.05) is 60.7 Å². The Balaban J connectivity index is 1.71. The molecule has 3 aromatic carbocycles. The maximum atomic E-state index is 13.9. The van der Waals surface area contributed by atoms with Crippen molar-refractivity contribution in [3.8, 4) is 5.75 Å². The highest BCUT2D eigenvalue weighted by molar-refractivity contribution is 5.78. The molecule has 0 spiro atoms. The van der Waals surface area contributed by atoms with Crippen molar-refractivity contribution < 1.29 is 18.8 Å². The summed E-state index contributed by atoms with van der Waals surface area (Å²) in [5.41, 5.74) is 2.57. The molecule has 0 aliphatic heterocycles. The molecular formula is C24H26FN2O2+. The summed E-state index contributed by atoms with van der Waals surface area (Å²) in [5, 5.41) is 3.12. The fourth-order valence-corrected chi connectivity index (χ4v) is 3.32. The molecule has 0 saturated heterocycles. The first-order chi connectivity index (χ1) is 14.1. The molecule has 0 aliphatic rings. The van der Waals surface area contributed by atoms with Crippen LogP contribution in [0.1, 0.15) is 22.7 Å². The Morgan fingerprint density at radius 2 is 1.59 bits per heavy atom. The van der Waals surface area contributed by atoms with Crippen molar-refractivity contribution in [3.63, 3.8) is 0 Å². The lowest BCUT2D eigenvalue weighted by Gasteiger charge is -2.21. The van der Waals surface area contributed by atoms with Gasteiger partial charge in [-0.3, -0.25) is 4.79 Å². The van der Waals surface area contributed by atoms with Gasteiger partial charge < -0.3 is 15.0 Å². The Kier molecular flexibility index (Phi) is 6.98. The molecular weight excluding hydrogens is 367 g/mol. The van der Waals surface area contributed by atoms with E-state index < -0.39 is 0 Å². The number of halogens is 1. The van der Waals surface area contributed by atoms with Crippen molar-refractivity contribution in [1.82, 2.24) is 5.32 Å². The fourth-order valence-electron chi connectivity index (χ4n) is 3.32. The quantitative estimate of drug-likeness (QED) is 0.618. The highest BCUT2D eigenvalue weighted by Gasteiger charge is 2.19. The summed E-state index contributed by atoms with van der Waals surface area (Å²) >= 11 is 0. The van der Waals surface area contributed by atoms with Gasteiger partial charge in [-0.05, 0) is 29.3 Å². The number of rotatable bonds is 8. The average molecular weight is 393 g/mol. The van der Waals surface area contributed by atoms with E-state index >= 15 is 0 Å². The zero-order chi connectivity index (χ0) is 20.6. The van der Waals surface area contributed by atoms with Crippen molar-refractivity contribution in [2.24, 2.45) is 0 Å². The zero-order valence-electron chi connectivity index (χ0n) is 16.7. The molecule has 2 N–H and O–H groups in total. The number of quaternary nitrogens is 1. The van der Waals surface area contributed by atoms with Crippen LogP contribution in [-0.2, 0) is 11.3 Å². The summed E-state index contributed by atoms with van der Waals surface area (Å²) in [6.07, 6.45) is 0. The Hall–Kier alpha value is -3.18. The van der Waals surface area contributed by atoms with Gasteiger partial charge in [-0.25, -0.2) is 4.39 Å². The number of likely N-dealkylation sites (N-methyl/N-ethyl adjacent to an activating group) is 1. The van der Waals surface area contributed by atoms with Crippen molar-refractivity contribution in [2.45, 2.75) is 12.6 Å². The largest absolute Gasteiger partial charge is 0.497 e. The molecule has 150 valence electrons. The van der Waals surface area contributed by atoms with Gasteiger partial charge in [-0.15, -0.1) is 0 Å². The van der Waals surface area contributed by atoms with Crippen LogP contribution in [0.4, 0.5) is 4.39 Å². The molecule has 0 heterocycles. The topological polar surface area (TPSA) is 42.8 Å². The van der Waals surface area contributed by atoms with Gasteiger partial charge >= 0.3 is 0 Å². The maximum absolute atomic E-state index is 13.9. The smallest absolute Gasteiger partial charge is 0.275 e. The van der Waals surface area contributed by atoms with Crippen LogP contribution in [0.3, 0.4) is 0 Å². The first-order valence-corrected chi connectivity index (χ1v) is 9.60. The van der Waals surface area contributed by atoms with Crippen LogP contribution < -0.4 is 15.0 Å². The highest BCUT2D eigenvalue weighted by atomic mass is 19.1. The molecule has 0 aliphatic carbocycles. The van der Waals surface area contributed by atoms with Crippen LogP contribution in [0.25, 0.3) is 0 Å². The molecule has 4 nitrogen and oxygen atoms in total. The Morgan fingerprint density at radius 1 is 0.966 bits per heavy atom. The summed E-state index contributed by atoms with van der Waals surface area (Å²) in [4.78, 5) is 13.7. The molecule has 5 heteroatoms. The number of nitrogens with one attached hydrogen (secondary N) is 2. The lowest BCUT2D eigenvalue weighted by molar-refractivity contribution is -0.885. The number of benzene rings is 3. The minimum Gasteiger partial charge on any atom is -0.497 e. The molecule has 0 bridgehead atoms. The minimum atomic E-state index is -0.268. The predicted octanol–water partition coefficient (Wildman–Crippen LogP) is 2.75. The van der Waals surface area contributed by atoms with Crippen molar-refractivity contribution in [1.29, 1.82) is 0 Å². The number of hydrogen-bond donors (Lipinski definition) is 2. The second-order valence-electron chi connectivity index (χ2n) is 7.09. The normalized spacial score (nSPS) is 12.8. The summed E-state index contributed by atoms with van der Waals surface area (Å²) in [7, 11) is 3.51. The van der Waals surface area contributed by atoms with Gasteiger partial charge in [-0.2, -0.15) is 0 Å². The molecule has 0 aromatic heterocycles. The number of ether oxygens (including phenoxy) is 1. The molecule has 1 unspecified atom stereocenters. The third-order valence-corrected chi connectivity index (χ3v) is 4.80. The molecule has 1 amide bonds. The maximum Gasteiger partial charge on any atom is 0.275 e. The third-order valence-electron chi connectivity index (χ3n) is 4.80. The number of amides is 1. The Morgan fingerprint density at radius 3 is 2.24 bits per heavy atom. The Bertz CT molecular complexity index is 929. The van der Waals surface area contributed by atoms with Gasteiger partial charge in [0.05, 0.1) is 20.2 Å². The molecule has 3 rings (SSSR count). The van der Waals surface area contributed by atoms with Gasteiger partial charge in [0.15, 0.2) is 6.54 Å². The van der Waals surface area contributed by atoms with Gasteiger partial charge in [0.1, 0.15) is 18.1 Å². The second-order valence-corrected chi connectivity index (χ2v) is 7.09. The summed E-state index contributed by atoms with van der Waals surface area (Å²) in [6.45, 7) is 0.687. The predicted molar refractivity (Wildman–Crippen MR) is 111 cm³/mol. The van der Waals surface area contributed by atoms with Gasteiger partial charge in [0, 0.05) is 5.56 Å². The van der Waals surface area contributed by atoms with Crippen molar-refractivity contribution in [3.05, 3.63) is 101 Å². The van der Waals surface area contributed by atoms with E-state index in [4.69, 9.17) is 4.74 Å². The van der Waals surface area contributed by atoms with E-state index in [1.165, 1.54) is 6.07 Å². The Labute approximate surface area is 170 Å². The average Bonchev–Trinajstić information content (AvgIpc) is 2.74. The number of carbonyl (C=O) groups excluding carboxylic acids is 1. The number of carbonyl (C=O) groups is 1. The van der Waals surface area contributed by atoms with E-state index in [0.29, 0.717) is 12.1 Å². The van der Waals surface area contributed by atoms with Gasteiger partial charge in [0.25, 0.3) is 5.91 Å². The second kappa shape index (κ2) is 9.85. The minimum absolute atomic E-state index is 0.0940. The fraction of sp³-hybridized carbons (Fsp3) is 0.208. The first-order valence-electron chi connectivity index (χ1n) is 9.60. The van der Waals surface area contributed by atoms with Crippen LogP contribution in [0, 0.1) is 5.82 Å². The highest BCUT2D eigenvalue weighted by Crippen LogP contribution is 2.24. The van der Waals surface area contributed by atoms with Crippen LogP contribution in [-0.4, -0.2) is 26.6 Å². The molecule has 2 atom stereocenters. The SMILES string of the molecule is COc1ccc([C@@H](NC(=O)C[NH+](C)Cc2ccccc2F)c2ccccc2)cc1. The third kappa shape index (κ3) is 5.65. The monoisotopic (exact) mass is 393 g/mol. The van der Waals surface area contributed by atoms with Crippen LogP contribution in [0.15, 0.2) is 78.9 Å². The number of hydrogen-bond acceptors (Lipinski definition) is 2. The lowest BCUT2D eigenvalue weighted by Crippen LogP contribution is -3.09.